The summed E-state index contributed by atoms with van der Waals surface area (Å²) in [6.45, 7) is 6.46. The Labute approximate surface area is 89.8 Å². The first-order valence-electron chi connectivity index (χ1n) is 5.24. The summed E-state index contributed by atoms with van der Waals surface area (Å²) in [5, 5.41) is 12.8. The number of thiophene rings is 1. The molecule has 1 N–H and O–H groups in total. The minimum Gasteiger partial charge on any atom is -0.385 e. The monoisotopic (exact) mass is 210 g/mol. The first-order chi connectivity index (χ1) is 6.47. The van der Waals surface area contributed by atoms with Crippen molar-refractivity contribution < 1.29 is 5.11 Å². The fourth-order valence-electron chi connectivity index (χ4n) is 2.64. The van der Waals surface area contributed by atoms with E-state index in [1.807, 2.05) is 0 Å². The molecule has 1 saturated carbocycles. The standard InChI is InChI=1S/C12H18OS/c1-9-10(5-8-14-9)12(13)7-4-6-11(12,2)3/h5,8,13H,4,6-7H2,1-3H3. The molecule has 2 heteroatoms. The first-order valence-corrected chi connectivity index (χ1v) is 6.12. The number of rotatable bonds is 1. The molecular weight excluding hydrogens is 192 g/mol. The normalized spacial score (nSPS) is 30.9. The maximum absolute atomic E-state index is 10.8. The lowest BCUT2D eigenvalue weighted by molar-refractivity contribution is -0.0486. The van der Waals surface area contributed by atoms with Gasteiger partial charge in [0.05, 0.1) is 5.60 Å². The maximum atomic E-state index is 10.8. The van der Waals surface area contributed by atoms with Crippen LogP contribution in [0.5, 0.6) is 0 Å². The molecule has 0 bridgehead atoms. The second kappa shape index (κ2) is 3.07. The van der Waals surface area contributed by atoms with E-state index in [9.17, 15) is 5.11 Å². The van der Waals surface area contributed by atoms with Crippen molar-refractivity contribution in [2.24, 2.45) is 5.41 Å². The Kier molecular flexibility index (Phi) is 2.24. The van der Waals surface area contributed by atoms with Gasteiger partial charge in [0.25, 0.3) is 0 Å². The SMILES string of the molecule is Cc1sccc1C1(O)CCCC1(C)C. The minimum absolute atomic E-state index is 0.0266. The molecule has 0 aliphatic heterocycles. The molecule has 0 saturated heterocycles. The summed E-state index contributed by atoms with van der Waals surface area (Å²) < 4.78 is 0. The van der Waals surface area contributed by atoms with Gasteiger partial charge in [-0.25, -0.2) is 0 Å². The molecule has 78 valence electrons. The van der Waals surface area contributed by atoms with Crippen LogP contribution in [0.4, 0.5) is 0 Å². The predicted octanol–water partition coefficient (Wildman–Crippen LogP) is 3.45. The maximum Gasteiger partial charge on any atom is 0.0957 e. The molecule has 0 aromatic carbocycles. The van der Waals surface area contributed by atoms with Gasteiger partial charge in [0.2, 0.25) is 0 Å². The van der Waals surface area contributed by atoms with Crippen LogP contribution >= 0.6 is 11.3 Å². The van der Waals surface area contributed by atoms with Gasteiger partial charge in [-0.3, -0.25) is 0 Å². The van der Waals surface area contributed by atoms with Crippen LogP contribution in [-0.4, -0.2) is 5.11 Å². The Morgan fingerprint density at radius 3 is 2.50 bits per heavy atom. The lowest BCUT2D eigenvalue weighted by Gasteiger charge is -2.37. The summed E-state index contributed by atoms with van der Waals surface area (Å²) in [6.07, 6.45) is 3.18. The summed E-state index contributed by atoms with van der Waals surface area (Å²) in [4.78, 5) is 1.27. The van der Waals surface area contributed by atoms with E-state index in [1.54, 1.807) is 11.3 Å². The number of hydrogen-bond acceptors (Lipinski definition) is 2. The molecule has 1 nitrogen and oxygen atoms in total. The van der Waals surface area contributed by atoms with Gasteiger partial charge in [0.15, 0.2) is 0 Å². The number of aliphatic hydroxyl groups is 1. The minimum atomic E-state index is -0.586. The van der Waals surface area contributed by atoms with Crippen LogP contribution in [0, 0.1) is 12.3 Å². The van der Waals surface area contributed by atoms with Gasteiger partial charge in [-0.2, -0.15) is 0 Å². The van der Waals surface area contributed by atoms with Gasteiger partial charge in [-0.05, 0) is 48.6 Å². The molecule has 1 aliphatic rings. The van der Waals surface area contributed by atoms with Crippen LogP contribution in [0.25, 0.3) is 0 Å². The van der Waals surface area contributed by atoms with E-state index in [0.29, 0.717) is 0 Å². The summed E-state index contributed by atoms with van der Waals surface area (Å²) in [7, 11) is 0. The van der Waals surface area contributed by atoms with Gasteiger partial charge >= 0.3 is 0 Å². The average Bonchev–Trinajstić information content (AvgIpc) is 2.59. The zero-order valence-electron chi connectivity index (χ0n) is 9.13. The molecule has 0 amide bonds. The zero-order valence-corrected chi connectivity index (χ0v) is 9.95. The molecule has 1 aromatic heterocycles. The van der Waals surface area contributed by atoms with Gasteiger partial charge in [0, 0.05) is 4.88 Å². The van der Waals surface area contributed by atoms with Crippen LogP contribution in [-0.2, 0) is 5.60 Å². The van der Waals surface area contributed by atoms with Crippen molar-refractivity contribution in [1.82, 2.24) is 0 Å². The lowest BCUT2D eigenvalue weighted by Crippen LogP contribution is -2.37. The third-order valence-corrected chi connectivity index (χ3v) is 4.61. The van der Waals surface area contributed by atoms with Crippen molar-refractivity contribution in [2.75, 3.05) is 0 Å². The van der Waals surface area contributed by atoms with Crippen molar-refractivity contribution in [3.8, 4) is 0 Å². The second-order valence-corrected chi connectivity index (χ2v) is 6.11. The van der Waals surface area contributed by atoms with Crippen LogP contribution < -0.4 is 0 Å². The molecule has 1 aliphatic carbocycles. The van der Waals surface area contributed by atoms with E-state index >= 15 is 0 Å². The highest BCUT2D eigenvalue weighted by atomic mass is 32.1. The highest BCUT2D eigenvalue weighted by Gasteiger charge is 2.49. The lowest BCUT2D eigenvalue weighted by atomic mass is 9.74. The molecule has 0 spiro atoms. The average molecular weight is 210 g/mol. The Bertz CT molecular complexity index is 340. The second-order valence-electron chi connectivity index (χ2n) is 4.99. The summed E-state index contributed by atoms with van der Waals surface area (Å²) in [5.41, 5.74) is 0.598. The molecule has 14 heavy (non-hydrogen) atoms. The van der Waals surface area contributed by atoms with Crippen molar-refractivity contribution in [1.29, 1.82) is 0 Å². The van der Waals surface area contributed by atoms with Gasteiger partial charge in [-0.15, -0.1) is 11.3 Å². The number of aryl methyl sites for hydroxylation is 1. The number of hydrogen-bond donors (Lipinski definition) is 1. The molecule has 1 atom stereocenters. The zero-order chi connectivity index (χ0) is 10.4. The van der Waals surface area contributed by atoms with Gasteiger partial charge < -0.3 is 5.11 Å². The van der Waals surface area contributed by atoms with Crippen molar-refractivity contribution >= 4 is 11.3 Å². The van der Waals surface area contributed by atoms with Crippen LogP contribution in [0.1, 0.15) is 43.6 Å². The van der Waals surface area contributed by atoms with E-state index < -0.39 is 5.60 Å². The summed E-state index contributed by atoms with van der Waals surface area (Å²) in [6, 6.07) is 2.09. The molecule has 1 heterocycles. The molecule has 1 aromatic rings. The predicted molar refractivity (Wildman–Crippen MR) is 60.6 cm³/mol. The van der Waals surface area contributed by atoms with Gasteiger partial charge in [-0.1, -0.05) is 13.8 Å². The van der Waals surface area contributed by atoms with Crippen molar-refractivity contribution in [3.05, 3.63) is 21.9 Å². The highest BCUT2D eigenvalue weighted by molar-refractivity contribution is 7.10. The molecule has 1 unspecified atom stereocenters. The fraction of sp³-hybridized carbons (Fsp3) is 0.667. The highest BCUT2D eigenvalue weighted by Crippen LogP contribution is 2.53. The topological polar surface area (TPSA) is 20.2 Å². The summed E-state index contributed by atoms with van der Waals surface area (Å²) >= 11 is 1.73. The largest absolute Gasteiger partial charge is 0.385 e. The molecule has 1 fully saturated rings. The summed E-state index contributed by atoms with van der Waals surface area (Å²) in [5.74, 6) is 0. The van der Waals surface area contributed by atoms with Crippen LogP contribution in [0.3, 0.4) is 0 Å². The smallest absolute Gasteiger partial charge is 0.0957 e. The molecular formula is C12H18OS. The molecule has 2 rings (SSSR count). The van der Waals surface area contributed by atoms with Crippen molar-refractivity contribution in [2.45, 2.75) is 45.6 Å². The van der Waals surface area contributed by atoms with E-state index in [-0.39, 0.29) is 5.41 Å². The first kappa shape index (κ1) is 10.2. The Balaban J connectivity index is 2.47. The Morgan fingerprint density at radius 1 is 1.36 bits per heavy atom. The Hall–Kier alpha value is -0.340. The fourth-order valence-corrected chi connectivity index (χ4v) is 3.42. The Morgan fingerprint density at radius 2 is 2.07 bits per heavy atom. The third kappa shape index (κ3) is 1.24. The van der Waals surface area contributed by atoms with Crippen molar-refractivity contribution in [3.63, 3.8) is 0 Å². The van der Waals surface area contributed by atoms with E-state index in [2.05, 4.69) is 32.2 Å². The van der Waals surface area contributed by atoms with E-state index in [1.165, 1.54) is 4.88 Å². The van der Waals surface area contributed by atoms with E-state index in [4.69, 9.17) is 0 Å². The third-order valence-electron chi connectivity index (χ3n) is 3.76. The van der Waals surface area contributed by atoms with Crippen LogP contribution in [0.15, 0.2) is 11.4 Å². The van der Waals surface area contributed by atoms with Crippen LogP contribution in [0.2, 0.25) is 0 Å². The van der Waals surface area contributed by atoms with Gasteiger partial charge in [0.1, 0.15) is 0 Å². The van der Waals surface area contributed by atoms with E-state index in [0.717, 1.165) is 24.8 Å². The quantitative estimate of drug-likeness (QED) is 0.752. The molecule has 0 radical (unpaired) electrons.